The zero-order valence-corrected chi connectivity index (χ0v) is 13.3. The van der Waals surface area contributed by atoms with E-state index in [2.05, 4.69) is 23.7 Å². The van der Waals surface area contributed by atoms with Crippen molar-refractivity contribution in [2.24, 2.45) is 22.2 Å². The fraction of sp³-hybridized carbons (Fsp3) is 0.857. The van der Waals surface area contributed by atoms with E-state index < -0.39 is 5.41 Å². The van der Waals surface area contributed by atoms with Crippen LogP contribution in [0.5, 0.6) is 0 Å². The molecule has 1 aliphatic carbocycles. The molecule has 116 valence electrons. The standard InChI is InChI=1S/C14H27N3O2S/c1-11-9-14(10-11,12(15)17-19)13(18)16-7-5-3-4-6-8-20-2/h11,19H,3-10H2,1-2H3,(H2,15,17)(H,16,18). The number of nitrogens with zero attached hydrogens (tertiary/aromatic N) is 1. The first kappa shape index (κ1) is 17.1. The van der Waals surface area contributed by atoms with Crippen molar-refractivity contribution >= 4 is 23.5 Å². The van der Waals surface area contributed by atoms with Crippen LogP contribution in [0.25, 0.3) is 0 Å². The van der Waals surface area contributed by atoms with Crippen molar-refractivity contribution in [3.05, 3.63) is 0 Å². The van der Waals surface area contributed by atoms with Crippen molar-refractivity contribution in [2.75, 3.05) is 18.6 Å². The van der Waals surface area contributed by atoms with Crippen LogP contribution in [0.1, 0.15) is 45.4 Å². The van der Waals surface area contributed by atoms with Crippen molar-refractivity contribution in [1.82, 2.24) is 5.32 Å². The van der Waals surface area contributed by atoms with Crippen LogP contribution in [0.3, 0.4) is 0 Å². The highest BCUT2D eigenvalue weighted by Crippen LogP contribution is 2.45. The Kier molecular flexibility index (Phi) is 7.19. The Morgan fingerprint density at radius 3 is 2.60 bits per heavy atom. The minimum atomic E-state index is -0.771. The Morgan fingerprint density at radius 2 is 2.05 bits per heavy atom. The molecule has 1 aliphatic rings. The van der Waals surface area contributed by atoms with E-state index in [1.807, 2.05) is 11.8 Å². The number of nitrogens with one attached hydrogen (secondary N) is 1. The fourth-order valence-corrected chi connectivity index (χ4v) is 3.33. The van der Waals surface area contributed by atoms with Gasteiger partial charge in [0.2, 0.25) is 5.91 Å². The maximum absolute atomic E-state index is 12.2. The summed E-state index contributed by atoms with van der Waals surface area (Å²) in [5.74, 6) is 1.62. The third kappa shape index (κ3) is 4.30. The Hall–Kier alpha value is -0.910. The molecule has 4 N–H and O–H groups in total. The van der Waals surface area contributed by atoms with Gasteiger partial charge in [-0.1, -0.05) is 24.9 Å². The first-order valence-electron chi connectivity index (χ1n) is 7.32. The minimum absolute atomic E-state index is 0.0491. The molecule has 0 heterocycles. The topological polar surface area (TPSA) is 87.7 Å². The molecular weight excluding hydrogens is 274 g/mol. The number of amides is 1. The number of oxime groups is 1. The Labute approximate surface area is 125 Å². The third-order valence-electron chi connectivity index (χ3n) is 3.99. The quantitative estimate of drug-likeness (QED) is 0.200. The molecule has 1 rings (SSSR count). The smallest absolute Gasteiger partial charge is 0.233 e. The highest BCUT2D eigenvalue weighted by atomic mass is 32.2. The van der Waals surface area contributed by atoms with Gasteiger partial charge in [0, 0.05) is 6.54 Å². The lowest BCUT2D eigenvalue weighted by Gasteiger charge is -2.43. The number of hydrogen-bond acceptors (Lipinski definition) is 4. The summed E-state index contributed by atoms with van der Waals surface area (Å²) in [7, 11) is 0. The summed E-state index contributed by atoms with van der Waals surface area (Å²) in [5, 5.41) is 14.8. The normalized spacial score (nSPS) is 26.1. The molecule has 0 aromatic heterocycles. The highest BCUT2D eigenvalue weighted by Gasteiger charge is 2.51. The number of rotatable bonds is 9. The second-order valence-corrected chi connectivity index (χ2v) is 6.73. The van der Waals surface area contributed by atoms with Gasteiger partial charge in [0.1, 0.15) is 5.41 Å². The number of unbranched alkanes of at least 4 members (excludes halogenated alkanes) is 3. The van der Waals surface area contributed by atoms with Gasteiger partial charge in [0.05, 0.1) is 0 Å². The van der Waals surface area contributed by atoms with E-state index >= 15 is 0 Å². The van der Waals surface area contributed by atoms with Crippen LogP contribution in [-0.2, 0) is 4.79 Å². The minimum Gasteiger partial charge on any atom is -0.409 e. The van der Waals surface area contributed by atoms with Gasteiger partial charge in [-0.15, -0.1) is 0 Å². The average molecular weight is 301 g/mol. The number of amidine groups is 1. The second kappa shape index (κ2) is 8.39. The van der Waals surface area contributed by atoms with Gasteiger partial charge in [0.15, 0.2) is 5.84 Å². The largest absolute Gasteiger partial charge is 0.409 e. The van der Waals surface area contributed by atoms with Crippen LogP contribution < -0.4 is 11.1 Å². The summed E-state index contributed by atoms with van der Waals surface area (Å²) in [6, 6.07) is 0. The summed E-state index contributed by atoms with van der Waals surface area (Å²) >= 11 is 1.87. The van der Waals surface area contributed by atoms with E-state index in [0.717, 1.165) is 12.8 Å². The zero-order valence-electron chi connectivity index (χ0n) is 12.5. The summed E-state index contributed by atoms with van der Waals surface area (Å²) in [6.07, 6.45) is 8.02. The van der Waals surface area contributed by atoms with E-state index in [4.69, 9.17) is 10.9 Å². The van der Waals surface area contributed by atoms with Gasteiger partial charge >= 0.3 is 0 Å². The predicted octanol–water partition coefficient (Wildman–Crippen LogP) is 2.19. The van der Waals surface area contributed by atoms with Crippen molar-refractivity contribution in [3.63, 3.8) is 0 Å². The molecular formula is C14H27N3O2S. The van der Waals surface area contributed by atoms with Gasteiger partial charge < -0.3 is 16.3 Å². The maximum Gasteiger partial charge on any atom is 0.233 e. The molecule has 6 heteroatoms. The molecule has 0 aromatic rings. The number of carbonyl (C=O) groups is 1. The molecule has 0 bridgehead atoms. The number of thioether (sulfide) groups is 1. The Bertz CT molecular complexity index is 341. The molecule has 1 saturated carbocycles. The Balaban J connectivity index is 2.27. The van der Waals surface area contributed by atoms with Crippen LogP contribution in [0.15, 0.2) is 5.16 Å². The van der Waals surface area contributed by atoms with Gasteiger partial charge in [-0.3, -0.25) is 4.79 Å². The molecule has 0 aromatic carbocycles. The molecule has 0 saturated heterocycles. The Morgan fingerprint density at radius 1 is 1.40 bits per heavy atom. The van der Waals surface area contributed by atoms with Crippen molar-refractivity contribution < 1.29 is 10.0 Å². The molecule has 1 fully saturated rings. The first-order valence-corrected chi connectivity index (χ1v) is 8.71. The predicted molar refractivity (Wildman–Crippen MR) is 84.1 cm³/mol. The molecule has 1 amide bonds. The molecule has 5 nitrogen and oxygen atoms in total. The van der Waals surface area contributed by atoms with E-state index in [1.165, 1.54) is 18.6 Å². The van der Waals surface area contributed by atoms with E-state index in [9.17, 15) is 4.79 Å². The van der Waals surface area contributed by atoms with Gasteiger partial charge in [0.25, 0.3) is 0 Å². The van der Waals surface area contributed by atoms with Crippen LogP contribution >= 0.6 is 11.8 Å². The lowest BCUT2D eigenvalue weighted by Crippen LogP contribution is -2.56. The average Bonchev–Trinajstić information content (AvgIpc) is 2.41. The van der Waals surface area contributed by atoms with Gasteiger partial charge in [-0.25, -0.2) is 0 Å². The molecule has 0 atom stereocenters. The fourth-order valence-electron chi connectivity index (χ4n) is 2.83. The summed E-state index contributed by atoms with van der Waals surface area (Å²) in [4.78, 5) is 12.2. The van der Waals surface area contributed by atoms with E-state index in [-0.39, 0.29) is 11.7 Å². The van der Waals surface area contributed by atoms with Crippen LogP contribution in [0.4, 0.5) is 0 Å². The van der Waals surface area contributed by atoms with E-state index in [1.54, 1.807) is 0 Å². The monoisotopic (exact) mass is 301 g/mol. The van der Waals surface area contributed by atoms with Crippen molar-refractivity contribution in [3.8, 4) is 0 Å². The lowest BCUT2D eigenvalue weighted by atomic mass is 9.61. The van der Waals surface area contributed by atoms with Crippen molar-refractivity contribution in [1.29, 1.82) is 0 Å². The number of carbonyl (C=O) groups excluding carboxylic acids is 1. The molecule has 0 aliphatic heterocycles. The number of nitrogens with two attached hydrogens (primary N) is 1. The first-order chi connectivity index (χ1) is 9.56. The second-order valence-electron chi connectivity index (χ2n) is 5.74. The number of hydrogen-bond donors (Lipinski definition) is 3. The summed E-state index contributed by atoms with van der Waals surface area (Å²) in [6.45, 7) is 2.74. The third-order valence-corrected chi connectivity index (χ3v) is 4.68. The van der Waals surface area contributed by atoms with Gasteiger partial charge in [-0.05, 0) is 43.6 Å². The van der Waals surface area contributed by atoms with E-state index in [0.29, 0.717) is 25.3 Å². The highest BCUT2D eigenvalue weighted by molar-refractivity contribution is 7.98. The zero-order chi connectivity index (χ0) is 15.0. The maximum atomic E-state index is 12.2. The van der Waals surface area contributed by atoms with Crippen LogP contribution in [0, 0.1) is 11.3 Å². The summed E-state index contributed by atoms with van der Waals surface area (Å²) < 4.78 is 0. The molecule has 20 heavy (non-hydrogen) atoms. The lowest BCUT2D eigenvalue weighted by molar-refractivity contribution is -0.133. The summed E-state index contributed by atoms with van der Waals surface area (Å²) in [5.41, 5.74) is 4.93. The van der Waals surface area contributed by atoms with Crippen molar-refractivity contribution in [2.45, 2.75) is 45.4 Å². The van der Waals surface area contributed by atoms with Crippen LogP contribution in [0.2, 0.25) is 0 Å². The SMILES string of the molecule is CSCCCCCCNC(=O)C1(C(N)=NO)CC(C)C1. The van der Waals surface area contributed by atoms with Gasteiger partial charge in [-0.2, -0.15) is 11.8 Å². The molecule has 0 radical (unpaired) electrons. The molecule has 0 spiro atoms. The molecule has 0 unspecified atom stereocenters. The van der Waals surface area contributed by atoms with Crippen LogP contribution in [-0.4, -0.2) is 35.5 Å².